The van der Waals surface area contributed by atoms with Crippen LogP contribution in [0, 0.1) is 27.7 Å². The van der Waals surface area contributed by atoms with Gasteiger partial charge in [-0.25, -0.2) is 0 Å². The summed E-state index contributed by atoms with van der Waals surface area (Å²) in [6.07, 6.45) is 3.38. The number of hydrogen-bond donors (Lipinski definition) is 1. The largest absolute Gasteiger partial charge is 0.496 e. The van der Waals surface area contributed by atoms with Gasteiger partial charge in [0.1, 0.15) is 11.3 Å². The molecule has 0 fully saturated rings. The van der Waals surface area contributed by atoms with Crippen LogP contribution in [-0.2, 0) is 4.79 Å². The van der Waals surface area contributed by atoms with E-state index in [9.17, 15) is 4.79 Å². The van der Waals surface area contributed by atoms with Crippen molar-refractivity contribution in [3.63, 3.8) is 0 Å². The van der Waals surface area contributed by atoms with Crippen LogP contribution >= 0.6 is 11.6 Å². The zero-order valence-electron chi connectivity index (χ0n) is 20.3. The molecule has 174 valence electrons. The molecule has 1 aromatic heterocycles. The highest BCUT2D eigenvalue weighted by atomic mass is 35.5. The number of hydrogen-bond acceptors (Lipinski definition) is 3. The first kappa shape index (κ1) is 23.7. The van der Waals surface area contributed by atoms with Crippen LogP contribution in [-0.4, -0.2) is 13.0 Å². The number of furan rings is 1. The van der Waals surface area contributed by atoms with Gasteiger partial charge in [0.15, 0.2) is 0 Å². The second-order valence-corrected chi connectivity index (χ2v) is 9.06. The van der Waals surface area contributed by atoms with E-state index in [0.717, 1.165) is 44.4 Å². The molecule has 0 unspecified atom stereocenters. The summed E-state index contributed by atoms with van der Waals surface area (Å²) < 4.78 is 11.7. The van der Waals surface area contributed by atoms with Crippen LogP contribution in [0.1, 0.15) is 34.7 Å². The molecule has 0 bridgehead atoms. The normalized spacial score (nSPS) is 11.7. The van der Waals surface area contributed by atoms with Crippen LogP contribution in [0.25, 0.3) is 27.7 Å². The van der Waals surface area contributed by atoms with E-state index < -0.39 is 0 Å². The van der Waals surface area contributed by atoms with E-state index >= 15 is 0 Å². The molecule has 1 amide bonds. The number of halogens is 1. The van der Waals surface area contributed by atoms with Gasteiger partial charge in [-0.05, 0) is 75.1 Å². The van der Waals surface area contributed by atoms with Gasteiger partial charge in [-0.3, -0.25) is 4.79 Å². The van der Waals surface area contributed by atoms with Gasteiger partial charge in [0.2, 0.25) is 5.91 Å². The number of benzene rings is 3. The Morgan fingerprint density at radius 2 is 1.79 bits per heavy atom. The molecule has 0 spiro atoms. The summed E-state index contributed by atoms with van der Waals surface area (Å²) in [5.74, 6) is 0.457. The Labute approximate surface area is 205 Å². The number of anilines is 1. The zero-order valence-corrected chi connectivity index (χ0v) is 21.1. The molecule has 0 aliphatic carbocycles. The molecule has 34 heavy (non-hydrogen) atoms. The van der Waals surface area contributed by atoms with Gasteiger partial charge in [-0.1, -0.05) is 41.4 Å². The molecule has 0 saturated heterocycles. The van der Waals surface area contributed by atoms with Crippen LogP contribution in [0.4, 0.5) is 5.69 Å². The summed E-state index contributed by atoms with van der Waals surface area (Å²) in [4.78, 5) is 12.8. The van der Waals surface area contributed by atoms with Crippen molar-refractivity contribution in [1.82, 2.24) is 0 Å². The Bertz CT molecular complexity index is 1450. The molecule has 1 heterocycles. The Morgan fingerprint density at radius 1 is 1.03 bits per heavy atom. The molecule has 1 N–H and O–H groups in total. The van der Waals surface area contributed by atoms with Gasteiger partial charge >= 0.3 is 0 Å². The average Bonchev–Trinajstić information content (AvgIpc) is 3.21. The summed E-state index contributed by atoms with van der Waals surface area (Å²) in [5.41, 5.74) is 9.36. The van der Waals surface area contributed by atoms with Crippen LogP contribution in [0.15, 0.2) is 59.2 Å². The van der Waals surface area contributed by atoms with Crippen molar-refractivity contribution in [3.8, 4) is 16.9 Å². The van der Waals surface area contributed by atoms with Crippen LogP contribution in [0.3, 0.4) is 0 Å². The maximum Gasteiger partial charge on any atom is 0.248 e. The van der Waals surface area contributed by atoms with E-state index in [0.29, 0.717) is 16.5 Å². The molecule has 4 aromatic rings. The lowest BCUT2D eigenvalue weighted by Gasteiger charge is -2.14. The standard InChI is InChI=1S/C29H28ClNO3/c1-16-10-11-21(17(2)12-16)24-15-34-29-20(5)28(33-6)22(14-23(24)29)18(3)13-27(32)31-26-9-7-8-25(30)19(26)4/h7-15H,1-6H3,(H,31,32)/b18-13+. The third-order valence-corrected chi connectivity index (χ3v) is 6.63. The number of nitrogens with one attached hydrogen (secondary N) is 1. The second-order valence-electron chi connectivity index (χ2n) is 8.66. The Kier molecular flexibility index (Phi) is 6.54. The molecule has 3 aromatic carbocycles. The molecular weight excluding hydrogens is 446 g/mol. The van der Waals surface area contributed by atoms with Crippen molar-refractivity contribution in [2.45, 2.75) is 34.6 Å². The molecular formula is C29H28ClNO3. The monoisotopic (exact) mass is 473 g/mol. The van der Waals surface area contributed by atoms with Gasteiger partial charge in [-0.2, -0.15) is 0 Å². The fourth-order valence-electron chi connectivity index (χ4n) is 4.38. The minimum Gasteiger partial charge on any atom is -0.496 e. The highest BCUT2D eigenvalue weighted by molar-refractivity contribution is 6.31. The molecule has 4 rings (SSSR count). The number of aryl methyl sites for hydroxylation is 3. The number of fused-ring (bicyclic) bond motifs is 1. The number of ether oxygens (including phenoxy) is 1. The van der Waals surface area contributed by atoms with Crippen molar-refractivity contribution in [1.29, 1.82) is 0 Å². The topological polar surface area (TPSA) is 51.5 Å². The summed E-state index contributed by atoms with van der Waals surface area (Å²) in [5, 5.41) is 4.52. The van der Waals surface area contributed by atoms with E-state index in [-0.39, 0.29) is 5.91 Å². The predicted molar refractivity (Wildman–Crippen MR) is 141 cm³/mol. The third-order valence-electron chi connectivity index (χ3n) is 6.22. The fourth-order valence-corrected chi connectivity index (χ4v) is 4.56. The van der Waals surface area contributed by atoms with Crippen molar-refractivity contribution in [3.05, 3.63) is 87.6 Å². The first-order valence-electron chi connectivity index (χ1n) is 11.1. The van der Waals surface area contributed by atoms with Crippen LogP contribution in [0.2, 0.25) is 5.02 Å². The minimum atomic E-state index is -0.232. The zero-order chi connectivity index (χ0) is 24.6. The third kappa shape index (κ3) is 4.34. The number of rotatable bonds is 5. The summed E-state index contributed by atoms with van der Waals surface area (Å²) in [6, 6.07) is 13.9. The van der Waals surface area contributed by atoms with E-state index in [1.807, 2.05) is 39.0 Å². The van der Waals surface area contributed by atoms with Crippen molar-refractivity contribution < 1.29 is 13.9 Å². The summed E-state index contributed by atoms with van der Waals surface area (Å²) in [6.45, 7) is 9.95. The molecule has 4 nitrogen and oxygen atoms in total. The molecule has 0 aliphatic heterocycles. The number of allylic oxidation sites excluding steroid dienone is 1. The summed E-state index contributed by atoms with van der Waals surface area (Å²) in [7, 11) is 1.63. The molecule has 0 atom stereocenters. The van der Waals surface area contributed by atoms with Crippen molar-refractivity contribution >= 4 is 39.7 Å². The molecule has 0 aliphatic rings. The number of amides is 1. The lowest BCUT2D eigenvalue weighted by atomic mass is 9.94. The molecule has 0 radical (unpaired) electrons. The van der Waals surface area contributed by atoms with Gasteiger partial charge < -0.3 is 14.5 Å². The van der Waals surface area contributed by atoms with E-state index in [1.54, 1.807) is 25.5 Å². The maximum absolute atomic E-state index is 12.8. The Hall–Kier alpha value is -3.50. The Balaban J connectivity index is 1.79. The molecule has 5 heteroatoms. The van der Waals surface area contributed by atoms with Gasteiger partial charge in [0.25, 0.3) is 0 Å². The highest BCUT2D eigenvalue weighted by Crippen LogP contribution is 2.41. The minimum absolute atomic E-state index is 0.232. The fraction of sp³-hybridized carbons (Fsp3) is 0.207. The van der Waals surface area contributed by atoms with Crippen molar-refractivity contribution in [2.24, 2.45) is 0 Å². The average molecular weight is 474 g/mol. The van der Waals surface area contributed by atoms with E-state index in [1.165, 1.54) is 11.1 Å². The van der Waals surface area contributed by atoms with Crippen LogP contribution in [0.5, 0.6) is 5.75 Å². The van der Waals surface area contributed by atoms with Crippen molar-refractivity contribution in [2.75, 3.05) is 12.4 Å². The van der Waals surface area contributed by atoms with Gasteiger partial charge in [-0.15, -0.1) is 0 Å². The first-order chi connectivity index (χ1) is 16.2. The number of carbonyl (C=O) groups is 1. The predicted octanol–water partition coefficient (Wildman–Crippen LogP) is 8.04. The summed E-state index contributed by atoms with van der Waals surface area (Å²) >= 11 is 6.19. The van der Waals surface area contributed by atoms with E-state index in [2.05, 4.69) is 37.4 Å². The van der Waals surface area contributed by atoms with Crippen LogP contribution < -0.4 is 10.1 Å². The lowest BCUT2D eigenvalue weighted by molar-refractivity contribution is -0.111. The molecule has 0 saturated carbocycles. The smallest absolute Gasteiger partial charge is 0.248 e. The van der Waals surface area contributed by atoms with E-state index in [4.69, 9.17) is 20.8 Å². The second kappa shape index (κ2) is 9.40. The first-order valence-corrected chi connectivity index (χ1v) is 11.5. The highest BCUT2D eigenvalue weighted by Gasteiger charge is 2.19. The number of carbonyl (C=O) groups excluding carboxylic acids is 1. The quantitative estimate of drug-likeness (QED) is 0.298. The maximum atomic E-state index is 12.8. The van der Waals surface area contributed by atoms with Gasteiger partial charge in [0.05, 0.1) is 13.4 Å². The lowest BCUT2D eigenvalue weighted by Crippen LogP contribution is -2.10. The SMILES string of the molecule is COc1c(/C(C)=C/C(=O)Nc2cccc(Cl)c2C)cc2c(-c3ccc(C)cc3C)coc2c1C. The van der Waals surface area contributed by atoms with Gasteiger partial charge in [0, 0.05) is 38.9 Å². The number of methoxy groups -OCH3 is 1. The Morgan fingerprint density at radius 3 is 2.50 bits per heavy atom.